The van der Waals surface area contributed by atoms with Crippen LogP contribution in [-0.2, 0) is 19.3 Å². The van der Waals surface area contributed by atoms with Gasteiger partial charge in [0.05, 0.1) is 0 Å². The number of carbonyl (C=O) groups excluding carboxylic acids is 1. The average Bonchev–Trinajstić information content (AvgIpc) is 1.56. The van der Waals surface area contributed by atoms with Crippen LogP contribution in [0.4, 0.5) is 13.2 Å². The quantitative estimate of drug-likeness (QED) is 0.596. The second-order valence-electron chi connectivity index (χ2n) is 1.36. The summed E-state index contributed by atoms with van der Waals surface area (Å²) >= 11 is 0. The van der Waals surface area contributed by atoms with Crippen molar-refractivity contribution in [3.63, 3.8) is 0 Å². The first-order valence-electron chi connectivity index (χ1n) is 1.96. The molecule has 0 fully saturated rings. The number of rotatable bonds is 1. The molecular weight excluding hydrogens is 191 g/mol. The minimum atomic E-state index is -5.35. The Balaban J connectivity index is 4.35. The van der Waals surface area contributed by atoms with Gasteiger partial charge in [0.1, 0.15) is 0 Å². The first-order valence-corrected chi connectivity index (χ1v) is 3.43. The van der Waals surface area contributed by atoms with Gasteiger partial charge >= 0.3 is 22.4 Å². The molecule has 66 valence electrons. The molecule has 0 aliphatic rings. The SMILES string of the molecule is NS(=O)(=O)OC(=O)C(F)(F)F. The number of carbonyl (C=O) groups is 1. The minimum Gasteiger partial charge on any atom is -0.326 e. The maximum atomic E-state index is 11.2. The zero-order valence-electron chi connectivity index (χ0n) is 4.75. The number of alkyl halides is 3. The molecule has 9 heteroatoms. The van der Waals surface area contributed by atoms with Gasteiger partial charge in [-0.3, -0.25) is 0 Å². The van der Waals surface area contributed by atoms with Gasteiger partial charge < -0.3 is 4.18 Å². The Labute approximate surface area is 59.2 Å². The summed E-state index contributed by atoms with van der Waals surface area (Å²) in [6.07, 6.45) is -5.35. The molecule has 0 aliphatic heterocycles. The molecule has 0 rings (SSSR count). The molecule has 0 heterocycles. The fourth-order valence-corrected chi connectivity index (χ4v) is 0.458. The van der Waals surface area contributed by atoms with Crippen molar-refractivity contribution >= 4 is 16.3 Å². The van der Waals surface area contributed by atoms with Crippen molar-refractivity contribution in [1.82, 2.24) is 0 Å². The van der Waals surface area contributed by atoms with E-state index in [1.807, 2.05) is 0 Å². The van der Waals surface area contributed by atoms with Gasteiger partial charge in [0.25, 0.3) is 0 Å². The second-order valence-corrected chi connectivity index (χ2v) is 2.51. The molecule has 0 radical (unpaired) electrons. The molecule has 0 aromatic carbocycles. The van der Waals surface area contributed by atoms with E-state index in [9.17, 15) is 26.4 Å². The summed E-state index contributed by atoms with van der Waals surface area (Å²) < 4.78 is 55.8. The molecule has 0 spiro atoms. The first kappa shape index (κ1) is 10.2. The maximum absolute atomic E-state index is 11.2. The van der Waals surface area contributed by atoms with Crippen LogP contribution in [0.3, 0.4) is 0 Å². The van der Waals surface area contributed by atoms with Crippen LogP contribution in [0.25, 0.3) is 0 Å². The minimum absolute atomic E-state index is 2.79. The van der Waals surface area contributed by atoms with Crippen LogP contribution in [0.5, 0.6) is 0 Å². The predicted molar refractivity (Wildman–Crippen MR) is 25.3 cm³/mol. The molecular formula is C2H2F3NO4S. The van der Waals surface area contributed by atoms with Gasteiger partial charge in [-0.1, -0.05) is 0 Å². The number of hydrogen-bond acceptors (Lipinski definition) is 4. The van der Waals surface area contributed by atoms with Gasteiger partial charge in [-0.25, -0.2) is 4.79 Å². The number of nitrogens with two attached hydrogens (primary N) is 1. The molecule has 0 bridgehead atoms. The van der Waals surface area contributed by atoms with Crippen molar-refractivity contribution in [2.24, 2.45) is 5.14 Å². The van der Waals surface area contributed by atoms with Crippen molar-refractivity contribution < 1.29 is 30.6 Å². The number of halogens is 3. The van der Waals surface area contributed by atoms with E-state index in [2.05, 4.69) is 9.32 Å². The third kappa shape index (κ3) is 4.56. The van der Waals surface area contributed by atoms with E-state index >= 15 is 0 Å². The van der Waals surface area contributed by atoms with E-state index in [0.29, 0.717) is 0 Å². The van der Waals surface area contributed by atoms with Crippen molar-refractivity contribution in [2.75, 3.05) is 0 Å². The van der Waals surface area contributed by atoms with Crippen LogP contribution in [0.15, 0.2) is 0 Å². The Morgan fingerprint density at radius 2 is 1.73 bits per heavy atom. The van der Waals surface area contributed by atoms with Gasteiger partial charge in [0, 0.05) is 0 Å². The summed E-state index contributed by atoms with van der Waals surface area (Å²) in [7, 11) is -4.88. The van der Waals surface area contributed by atoms with E-state index in [1.165, 1.54) is 0 Å². The van der Waals surface area contributed by atoms with Gasteiger partial charge in [-0.15, -0.1) is 0 Å². The van der Waals surface area contributed by atoms with Crippen LogP contribution in [0.2, 0.25) is 0 Å². The molecule has 0 aliphatic carbocycles. The van der Waals surface area contributed by atoms with E-state index in [-0.39, 0.29) is 0 Å². The van der Waals surface area contributed by atoms with E-state index in [4.69, 9.17) is 0 Å². The maximum Gasteiger partial charge on any atom is 0.492 e. The Kier molecular flexibility index (Phi) is 2.46. The Bertz CT molecular complexity index is 253. The average molecular weight is 193 g/mol. The topological polar surface area (TPSA) is 86.5 Å². The molecule has 0 saturated heterocycles. The molecule has 2 N–H and O–H groups in total. The summed E-state index contributed by atoms with van der Waals surface area (Å²) in [5.74, 6) is -2.86. The lowest BCUT2D eigenvalue weighted by Gasteiger charge is -2.02. The fourth-order valence-electron chi connectivity index (χ4n) is 0.153. The molecule has 0 amide bonds. The summed E-state index contributed by atoms with van der Waals surface area (Å²) in [4.78, 5) is 9.67. The first-order chi connectivity index (χ1) is 4.63. The van der Waals surface area contributed by atoms with Gasteiger partial charge in [-0.05, 0) is 0 Å². The molecule has 0 saturated carbocycles. The third-order valence-electron chi connectivity index (χ3n) is 0.423. The van der Waals surface area contributed by atoms with Crippen LogP contribution in [-0.4, -0.2) is 20.6 Å². The molecule has 0 aromatic heterocycles. The Hall–Kier alpha value is -0.830. The standard InChI is InChI=1S/C2H2F3NO4S/c3-2(4,5)1(7)10-11(6,8)9/h(H2,6,8,9). The van der Waals surface area contributed by atoms with Crippen molar-refractivity contribution in [3.05, 3.63) is 0 Å². The highest BCUT2D eigenvalue weighted by Crippen LogP contribution is 2.16. The summed E-state index contributed by atoms with van der Waals surface area (Å²) in [5.41, 5.74) is 0. The fraction of sp³-hybridized carbons (Fsp3) is 0.500. The highest BCUT2D eigenvalue weighted by Gasteiger charge is 2.43. The lowest BCUT2D eigenvalue weighted by atomic mass is 10.7. The Morgan fingerprint density at radius 3 is 1.82 bits per heavy atom. The molecule has 0 atom stereocenters. The lowest BCUT2D eigenvalue weighted by molar-refractivity contribution is -0.189. The summed E-state index contributed by atoms with van der Waals surface area (Å²) in [5, 5.41) is 3.96. The van der Waals surface area contributed by atoms with Gasteiger partial charge in [0.15, 0.2) is 0 Å². The largest absolute Gasteiger partial charge is 0.492 e. The molecule has 11 heavy (non-hydrogen) atoms. The van der Waals surface area contributed by atoms with Gasteiger partial charge in [-0.2, -0.15) is 26.7 Å². The highest BCUT2D eigenvalue weighted by molar-refractivity contribution is 7.84. The van der Waals surface area contributed by atoms with Crippen LogP contribution < -0.4 is 5.14 Å². The van der Waals surface area contributed by atoms with E-state index in [0.717, 1.165) is 0 Å². The van der Waals surface area contributed by atoms with Gasteiger partial charge in [0.2, 0.25) is 0 Å². The van der Waals surface area contributed by atoms with Crippen LogP contribution in [0.1, 0.15) is 0 Å². The lowest BCUT2D eigenvalue weighted by Crippen LogP contribution is -2.30. The Morgan fingerprint density at radius 1 is 1.36 bits per heavy atom. The van der Waals surface area contributed by atoms with Crippen molar-refractivity contribution in [3.8, 4) is 0 Å². The van der Waals surface area contributed by atoms with E-state index < -0.39 is 22.4 Å². The predicted octanol–water partition coefficient (Wildman–Crippen LogP) is -0.705. The highest BCUT2D eigenvalue weighted by atomic mass is 32.2. The van der Waals surface area contributed by atoms with E-state index in [1.54, 1.807) is 0 Å². The molecule has 0 aromatic rings. The zero-order chi connectivity index (χ0) is 9.28. The normalized spacial score (nSPS) is 12.7. The summed E-state index contributed by atoms with van der Waals surface area (Å²) in [6, 6.07) is 0. The summed E-state index contributed by atoms with van der Waals surface area (Å²) in [6.45, 7) is 0. The van der Waals surface area contributed by atoms with Crippen molar-refractivity contribution in [2.45, 2.75) is 6.18 Å². The van der Waals surface area contributed by atoms with Crippen LogP contribution in [0, 0.1) is 0 Å². The monoisotopic (exact) mass is 193 g/mol. The van der Waals surface area contributed by atoms with Crippen molar-refractivity contribution in [1.29, 1.82) is 0 Å². The van der Waals surface area contributed by atoms with Crippen LogP contribution >= 0.6 is 0 Å². The second kappa shape index (κ2) is 2.66. The molecule has 0 unspecified atom stereocenters. The third-order valence-corrected chi connectivity index (χ3v) is 0.807. The number of hydrogen-bond donors (Lipinski definition) is 1. The smallest absolute Gasteiger partial charge is 0.326 e. The zero-order valence-corrected chi connectivity index (χ0v) is 5.57. The molecule has 5 nitrogen and oxygen atoms in total.